The Balaban J connectivity index is 1.29. The topological polar surface area (TPSA) is 81.8 Å². The zero-order valence-electron chi connectivity index (χ0n) is 16.4. The average Bonchev–Trinajstić information content (AvgIpc) is 3.43. The Morgan fingerprint density at radius 1 is 1.29 bits per heavy atom. The monoisotopic (exact) mass is 387 g/mol. The summed E-state index contributed by atoms with van der Waals surface area (Å²) in [6, 6.07) is 0.160. The van der Waals surface area contributed by atoms with Crippen LogP contribution in [0.2, 0.25) is 0 Å². The molecule has 4 aliphatic heterocycles. The normalized spacial score (nSPS) is 35.5. The molecule has 8 heteroatoms. The van der Waals surface area contributed by atoms with Crippen LogP contribution in [0.15, 0.2) is 12.4 Å². The molecule has 0 aromatic carbocycles. The summed E-state index contributed by atoms with van der Waals surface area (Å²) in [7, 11) is 0. The summed E-state index contributed by atoms with van der Waals surface area (Å²) in [6.07, 6.45) is 5.16. The van der Waals surface area contributed by atoms with E-state index in [1.165, 1.54) is 0 Å². The number of nitrogens with one attached hydrogen (secondary N) is 1. The van der Waals surface area contributed by atoms with Crippen molar-refractivity contribution in [3.05, 3.63) is 18.2 Å². The van der Waals surface area contributed by atoms with Crippen molar-refractivity contribution in [3.8, 4) is 0 Å². The summed E-state index contributed by atoms with van der Waals surface area (Å²) < 4.78 is 5.55. The first-order chi connectivity index (χ1) is 13.6. The molecule has 4 aliphatic rings. The number of hydrogen-bond donors (Lipinski definition) is 1. The number of carbonyl (C=O) groups is 2. The minimum Gasteiger partial charge on any atom is -0.381 e. The Labute approximate surface area is 165 Å². The standard InChI is InChI=1S/C20H29N5O3/c1-2-17-16(20(27)24-6-13-11-28-12-14(13)7-24)5-15-8-23(10-19(26)25(15)17)9-18-21-3-4-22-18/h3-4,13-17H,2,5-12H2,1H3,(H,21,22)/t13-,14+,15-,16-,17-/m1/s1. The number of piperazine rings is 1. The molecule has 1 N–H and O–H groups in total. The Hall–Kier alpha value is -1.93. The molecule has 4 saturated heterocycles. The molecule has 28 heavy (non-hydrogen) atoms. The van der Waals surface area contributed by atoms with Crippen LogP contribution in [0.25, 0.3) is 0 Å². The lowest BCUT2D eigenvalue weighted by Gasteiger charge is -2.39. The zero-order valence-corrected chi connectivity index (χ0v) is 16.4. The number of rotatable bonds is 4. The van der Waals surface area contributed by atoms with Crippen molar-refractivity contribution in [1.29, 1.82) is 0 Å². The van der Waals surface area contributed by atoms with Gasteiger partial charge in [-0.2, -0.15) is 0 Å². The maximum atomic E-state index is 13.4. The van der Waals surface area contributed by atoms with Crippen LogP contribution in [-0.2, 0) is 20.9 Å². The van der Waals surface area contributed by atoms with Crippen molar-refractivity contribution in [2.45, 2.75) is 38.4 Å². The minimum atomic E-state index is -0.0674. The van der Waals surface area contributed by atoms with Crippen LogP contribution in [0.1, 0.15) is 25.6 Å². The van der Waals surface area contributed by atoms with Crippen molar-refractivity contribution in [2.75, 3.05) is 39.4 Å². The van der Waals surface area contributed by atoms with Crippen LogP contribution < -0.4 is 0 Å². The van der Waals surface area contributed by atoms with Crippen molar-refractivity contribution in [3.63, 3.8) is 0 Å². The van der Waals surface area contributed by atoms with Gasteiger partial charge in [-0.15, -0.1) is 0 Å². The van der Waals surface area contributed by atoms with E-state index in [0.29, 0.717) is 24.9 Å². The lowest BCUT2D eigenvalue weighted by atomic mass is 9.95. The van der Waals surface area contributed by atoms with Crippen LogP contribution in [0, 0.1) is 17.8 Å². The van der Waals surface area contributed by atoms with E-state index in [1.54, 1.807) is 12.4 Å². The van der Waals surface area contributed by atoms with E-state index >= 15 is 0 Å². The quantitative estimate of drug-likeness (QED) is 0.805. The van der Waals surface area contributed by atoms with Crippen molar-refractivity contribution >= 4 is 11.8 Å². The van der Waals surface area contributed by atoms with Gasteiger partial charge in [0.05, 0.1) is 32.2 Å². The van der Waals surface area contributed by atoms with E-state index in [-0.39, 0.29) is 29.8 Å². The largest absolute Gasteiger partial charge is 0.381 e. The van der Waals surface area contributed by atoms with Gasteiger partial charge < -0.3 is 19.5 Å². The smallest absolute Gasteiger partial charge is 0.237 e. The van der Waals surface area contributed by atoms with Gasteiger partial charge in [0.2, 0.25) is 11.8 Å². The Bertz CT molecular complexity index is 726. The highest BCUT2D eigenvalue weighted by atomic mass is 16.5. The molecule has 152 valence electrons. The van der Waals surface area contributed by atoms with Crippen molar-refractivity contribution in [1.82, 2.24) is 24.7 Å². The number of likely N-dealkylation sites (tertiary alicyclic amines) is 1. The third-order valence-corrected chi connectivity index (χ3v) is 7.07. The van der Waals surface area contributed by atoms with Gasteiger partial charge in [-0.1, -0.05) is 6.92 Å². The first-order valence-corrected chi connectivity index (χ1v) is 10.5. The molecular weight excluding hydrogens is 358 g/mol. The number of aromatic amines is 1. The molecule has 0 bridgehead atoms. The van der Waals surface area contributed by atoms with Gasteiger partial charge in [-0.3, -0.25) is 14.5 Å². The molecule has 1 aromatic heterocycles. The molecule has 8 nitrogen and oxygen atoms in total. The van der Waals surface area contributed by atoms with Gasteiger partial charge in [0, 0.05) is 55.9 Å². The first kappa shape index (κ1) is 18.1. The maximum Gasteiger partial charge on any atom is 0.237 e. The Morgan fingerprint density at radius 2 is 2.07 bits per heavy atom. The highest BCUT2D eigenvalue weighted by Crippen LogP contribution is 2.38. The van der Waals surface area contributed by atoms with Gasteiger partial charge >= 0.3 is 0 Å². The predicted molar refractivity (Wildman–Crippen MR) is 101 cm³/mol. The summed E-state index contributed by atoms with van der Waals surface area (Å²) in [5.74, 6) is 2.21. The molecule has 0 radical (unpaired) electrons. The molecular formula is C20H29N5O3. The summed E-state index contributed by atoms with van der Waals surface area (Å²) in [4.78, 5) is 39.9. The third kappa shape index (κ3) is 3.03. The number of H-pyrrole nitrogens is 1. The molecule has 0 aliphatic carbocycles. The number of ether oxygens (including phenoxy) is 1. The second-order valence-corrected chi connectivity index (χ2v) is 8.78. The fourth-order valence-electron chi connectivity index (χ4n) is 5.78. The molecule has 0 spiro atoms. The van der Waals surface area contributed by atoms with E-state index in [2.05, 4.69) is 26.7 Å². The summed E-state index contributed by atoms with van der Waals surface area (Å²) >= 11 is 0. The number of amides is 2. The number of carbonyl (C=O) groups excluding carboxylic acids is 2. The molecule has 5 atom stereocenters. The number of nitrogens with zero attached hydrogens (tertiary/aromatic N) is 4. The van der Waals surface area contributed by atoms with E-state index < -0.39 is 0 Å². The van der Waals surface area contributed by atoms with Gasteiger partial charge in [-0.05, 0) is 12.8 Å². The number of imidazole rings is 1. The SMILES string of the molecule is CC[C@@H]1[C@H](C(=O)N2C[C@H]3COC[C@H]3C2)C[C@@H]2CN(Cc3ncc[nH]3)CC(=O)N21. The van der Waals surface area contributed by atoms with Gasteiger partial charge in [-0.25, -0.2) is 4.98 Å². The highest BCUT2D eigenvalue weighted by Gasteiger charge is 2.51. The second-order valence-electron chi connectivity index (χ2n) is 8.78. The van der Waals surface area contributed by atoms with Crippen LogP contribution in [0.5, 0.6) is 0 Å². The summed E-state index contributed by atoms with van der Waals surface area (Å²) in [5.41, 5.74) is 0. The lowest BCUT2D eigenvalue weighted by Crippen LogP contribution is -2.56. The van der Waals surface area contributed by atoms with Crippen LogP contribution in [0.4, 0.5) is 0 Å². The first-order valence-electron chi connectivity index (χ1n) is 10.5. The van der Waals surface area contributed by atoms with Crippen LogP contribution in [0.3, 0.4) is 0 Å². The highest BCUT2D eigenvalue weighted by molar-refractivity contribution is 5.85. The zero-order chi connectivity index (χ0) is 19.3. The lowest BCUT2D eigenvalue weighted by molar-refractivity contribution is -0.142. The number of fused-ring (bicyclic) bond motifs is 2. The maximum absolute atomic E-state index is 13.4. The Kier molecular flexibility index (Phi) is 4.63. The second kappa shape index (κ2) is 7.15. The van der Waals surface area contributed by atoms with Gasteiger partial charge in [0.1, 0.15) is 5.82 Å². The molecule has 2 amide bonds. The van der Waals surface area contributed by atoms with E-state index in [4.69, 9.17) is 4.74 Å². The predicted octanol–water partition coefficient (Wildman–Crippen LogP) is 0.326. The van der Waals surface area contributed by atoms with Crippen molar-refractivity contribution in [2.24, 2.45) is 17.8 Å². The molecule has 5 rings (SSSR count). The summed E-state index contributed by atoms with van der Waals surface area (Å²) in [5, 5.41) is 0. The fourth-order valence-corrected chi connectivity index (χ4v) is 5.78. The molecule has 1 aromatic rings. The molecule has 5 heterocycles. The molecule has 0 unspecified atom stereocenters. The Morgan fingerprint density at radius 3 is 2.75 bits per heavy atom. The molecule has 4 fully saturated rings. The van der Waals surface area contributed by atoms with E-state index in [1.807, 2.05) is 4.90 Å². The van der Waals surface area contributed by atoms with E-state index in [9.17, 15) is 9.59 Å². The van der Waals surface area contributed by atoms with E-state index in [0.717, 1.165) is 51.5 Å². The fraction of sp³-hybridized carbons (Fsp3) is 0.750. The van der Waals surface area contributed by atoms with Gasteiger partial charge in [0.15, 0.2) is 0 Å². The number of hydrogen-bond acceptors (Lipinski definition) is 5. The molecule has 0 saturated carbocycles. The van der Waals surface area contributed by atoms with Crippen LogP contribution >= 0.6 is 0 Å². The van der Waals surface area contributed by atoms with Crippen molar-refractivity contribution < 1.29 is 14.3 Å². The van der Waals surface area contributed by atoms with Crippen LogP contribution in [-0.4, -0.2) is 88.0 Å². The minimum absolute atomic E-state index is 0.0347. The third-order valence-electron chi connectivity index (χ3n) is 7.07. The summed E-state index contributed by atoms with van der Waals surface area (Å²) in [6.45, 7) is 7.16. The number of aromatic nitrogens is 2. The van der Waals surface area contributed by atoms with Gasteiger partial charge in [0.25, 0.3) is 0 Å². The average molecular weight is 387 g/mol.